The Morgan fingerprint density at radius 2 is 1.22 bits per heavy atom. The Morgan fingerprint density at radius 3 is 1.91 bits per heavy atom. The minimum Gasteiger partial charge on any atom is -0.328 e. The first kappa shape index (κ1) is 16.4. The largest absolute Gasteiger partial charge is 0.328 e. The van der Waals surface area contributed by atoms with Gasteiger partial charge in [-0.1, -0.05) is 0 Å². The molecule has 23 heavy (non-hydrogen) atoms. The van der Waals surface area contributed by atoms with Gasteiger partial charge >= 0.3 is 7.55 Å². The zero-order valence-electron chi connectivity index (χ0n) is 14.5. The van der Waals surface area contributed by atoms with Gasteiger partial charge in [-0.2, -0.15) is 0 Å². The lowest BCUT2D eigenvalue weighted by molar-refractivity contribution is -0.0859. The lowest BCUT2D eigenvalue weighted by Gasteiger charge is -2.55. The zero-order valence-corrected chi connectivity index (χ0v) is 14.5. The van der Waals surface area contributed by atoms with Crippen molar-refractivity contribution in [3.8, 4) is 0 Å². The molecule has 0 saturated carbocycles. The van der Waals surface area contributed by atoms with Crippen LogP contribution in [0.3, 0.4) is 0 Å². The molecule has 2 unspecified atom stereocenters. The summed E-state index contributed by atoms with van der Waals surface area (Å²) in [4.78, 5) is 14.7. The molecular weight excluding hydrogens is 286 g/mol. The van der Waals surface area contributed by atoms with Crippen LogP contribution in [0.15, 0.2) is 0 Å². The van der Waals surface area contributed by atoms with Crippen LogP contribution >= 0.6 is 0 Å². The van der Waals surface area contributed by atoms with E-state index in [-0.39, 0.29) is 6.29 Å². The van der Waals surface area contributed by atoms with Crippen LogP contribution in [0.1, 0.15) is 25.7 Å². The van der Waals surface area contributed by atoms with Gasteiger partial charge in [0.25, 0.3) is 0 Å². The molecule has 6 nitrogen and oxygen atoms in total. The number of hydrogen-bond acceptors (Lipinski definition) is 6. The van der Waals surface area contributed by atoms with Crippen molar-refractivity contribution in [3.63, 3.8) is 0 Å². The number of rotatable bonds is 2. The monoisotopic (exact) mass is 315 g/mol. The number of hydrogen-bond donors (Lipinski definition) is 0. The molecule has 3 radical (unpaired) electrons. The first-order valence-electron chi connectivity index (χ1n) is 9.30. The van der Waals surface area contributed by atoms with Crippen LogP contribution < -0.4 is 0 Å². The summed E-state index contributed by atoms with van der Waals surface area (Å²) in [5.74, 6) is 0. The molecule has 2 atom stereocenters. The molecule has 0 aromatic rings. The van der Waals surface area contributed by atoms with E-state index in [1.54, 1.807) is 0 Å². The van der Waals surface area contributed by atoms with E-state index in [1.165, 1.54) is 58.4 Å². The molecule has 0 spiro atoms. The fraction of sp³-hybridized carbons (Fsp3) is 1.00. The van der Waals surface area contributed by atoms with E-state index in [9.17, 15) is 0 Å². The van der Waals surface area contributed by atoms with Crippen molar-refractivity contribution in [1.29, 1.82) is 0 Å². The third kappa shape index (κ3) is 3.22. The van der Waals surface area contributed by atoms with Crippen LogP contribution in [0.5, 0.6) is 0 Å². The van der Waals surface area contributed by atoms with E-state index in [0.29, 0.717) is 6.29 Å². The number of fused-ring (bicyclic) bond motifs is 2. The lowest BCUT2D eigenvalue weighted by Crippen LogP contribution is -2.71. The van der Waals surface area contributed by atoms with E-state index in [1.807, 2.05) is 4.81 Å². The maximum atomic E-state index is 6.33. The Balaban J connectivity index is 1.47. The highest BCUT2D eigenvalue weighted by Gasteiger charge is 2.40. The smallest absolute Gasteiger partial charge is 0.317 e. The SMILES string of the molecule is [B]N1CCCN2CCCN([B]N3CCCN4CCCN(C)C34)C12. The molecule has 4 aliphatic heterocycles. The molecule has 4 fully saturated rings. The Labute approximate surface area is 143 Å². The standard InChI is InChI=1S/C15H29B2N6/c1-18-6-2-7-19-9-4-12-22(14(18)19)17-23-13-5-10-20-8-3-11-21(16)15(20)23/h14-15H,2-13H2,1H3. The van der Waals surface area contributed by atoms with Gasteiger partial charge in [0.15, 0.2) is 7.98 Å². The van der Waals surface area contributed by atoms with Gasteiger partial charge < -0.3 is 14.4 Å². The normalized spacial score (nSPS) is 36.6. The van der Waals surface area contributed by atoms with Gasteiger partial charge in [0, 0.05) is 32.7 Å². The predicted molar refractivity (Wildman–Crippen MR) is 93.4 cm³/mol. The van der Waals surface area contributed by atoms with Gasteiger partial charge in [0.1, 0.15) is 6.29 Å². The summed E-state index contributed by atoms with van der Waals surface area (Å²) in [5.41, 5.74) is 0. The summed E-state index contributed by atoms with van der Waals surface area (Å²) < 4.78 is 0. The second kappa shape index (κ2) is 7.02. The maximum absolute atomic E-state index is 6.33. The van der Waals surface area contributed by atoms with Crippen LogP contribution in [0.2, 0.25) is 0 Å². The number of nitrogens with zero attached hydrogens (tertiary/aromatic N) is 6. The molecule has 0 aliphatic carbocycles. The van der Waals surface area contributed by atoms with E-state index in [0.717, 1.165) is 19.6 Å². The van der Waals surface area contributed by atoms with Gasteiger partial charge in [-0.15, -0.1) is 0 Å². The summed E-state index contributed by atoms with van der Waals surface area (Å²) in [7, 11) is 11.0. The Bertz CT molecular complexity index is 373. The summed E-state index contributed by atoms with van der Waals surface area (Å²) in [6.45, 7) is 9.29. The summed E-state index contributed by atoms with van der Waals surface area (Å²) in [6.07, 6.45) is 5.65. The van der Waals surface area contributed by atoms with Gasteiger partial charge in [-0.05, 0) is 52.4 Å². The minimum absolute atomic E-state index is 0.252. The van der Waals surface area contributed by atoms with Crippen LogP contribution in [-0.2, 0) is 0 Å². The van der Waals surface area contributed by atoms with Crippen molar-refractivity contribution in [1.82, 2.24) is 29.1 Å². The zero-order chi connectivity index (χ0) is 15.8. The Morgan fingerprint density at radius 1 is 0.696 bits per heavy atom. The molecule has 0 bridgehead atoms. The van der Waals surface area contributed by atoms with E-state index >= 15 is 0 Å². The predicted octanol–water partition coefficient (Wildman–Crippen LogP) is -0.772. The van der Waals surface area contributed by atoms with Crippen LogP contribution in [-0.4, -0.2) is 117 Å². The quantitative estimate of drug-likeness (QED) is 0.619. The first-order valence-corrected chi connectivity index (χ1v) is 9.30. The second-order valence-electron chi connectivity index (χ2n) is 7.49. The fourth-order valence-electron chi connectivity index (χ4n) is 4.82. The highest BCUT2D eigenvalue weighted by atomic mass is 15.6. The Hall–Kier alpha value is -0.110. The van der Waals surface area contributed by atoms with Crippen molar-refractivity contribution in [3.05, 3.63) is 0 Å². The molecule has 0 amide bonds. The van der Waals surface area contributed by atoms with E-state index in [4.69, 9.17) is 7.98 Å². The molecule has 125 valence electrons. The minimum atomic E-state index is 0.252. The van der Waals surface area contributed by atoms with Crippen molar-refractivity contribution in [2.75, 3.05) is 59.4 Å². The van der Waals surface area contributed by atoms with Crippen LogP contribution in [0.4, 0.5) is 0 Å². The maximum Gasteiger partial charge on any atom is 0.317 e. The average Bonchev–Trinajstić information content (AvgIpc) is 2.55. The first-order chi connectivity index (χ1) is 11.2. The van der Waals surface area contributed by atoms with Crippen LogP contribution in [0, 0.1) is 0 Å². The van der Waals surface area contributed by atoms with Crippen molar-refractivity contribution in [2.24, 2.45) is 0 Å². The average molecular weight is 315 g/mol. The van der Waals surface area contributed by atoms with Crippen molar-refractivity contribution < 1.29 is 0 Å². The van der Waals surface area contributed by atoms with Crippen molar-refractivity contribution in [2.45, 2.75) is 38.3 Å². The third-order valence-corrected chi connectivity index (χ3v) is 5.78. The molecule has 0 aromatic carbocycles. The molecular formula is C15H29B2N6. The van der Waals surface area contributed by atoms with Crippen molar-refractivity contribution >= 4 is 15.5 Å². The molecule has 8 heteroatoms. The molecule has 0 N–H and O–H groups in total. The molecule has 0 aromatic heterocycles. The second-order valence-corrected chi connectivity index (χ2v) is 7.49. The highest BCUT2D eigenvalue weighted by Crippen LogP contribution is 2.24. The van der Waals surface area contributed by atoms with Gasteiger partial charge in [0.05, 0.1) is 6.29 Å². The summed E-state index contributed by atoms with van der Waals surface area (Å²) in [6, 6.07) is 0. The van der Waals surface area contributed by atoms with Gasteiger partial charge in [-0.3, -0.25) is 14.7 Å². The Kier molecular flexibility index (Phi) is 4.99. The molecule has 4 aliphatic rings. The molecule has 4 rings (SSSR count). The van der Waals surface area contributed by atoms with E-state index < -0.39 is 0 Å². The van der Waals surface area contributed by atoms with Crippen LogP contribution in [0.25, 0.3) is 0 Å². The van der Waals surface area contributed by atoms with E-state index in [2.05, 4.69) is 38.9 Å². The molecule has 4 saturated heterocycles. The summed E-state index contributed by atoms with van der Waals surface area (Å²) >= 11 is 0. The van der Waals surface area contributed by atoms with Gasteiger partial charge in [-0.25, -0.2) is 0 Å². The van der Waals surface area contributed by atoms with Gasteiger partial charge in [0.2, 0.25) is 0 Å². The fourth-order valence-corrected chi connectivity index (χ4v) is 4.82. The molecule has 4 heterocycles. The third-order valence-electron chi connectivity index (χ3n) is 5.78. The highest BCUT2D eigenvalue weighted by molar-refractivity contribution is 6.28. The summed E-state index contributed by atoms with van der Waals surface area (Å²) in [5, 5.41) is 0. The lowest BCUT2D eigenvalue weighted by atomic mass is 9.96. The topological polar surface area (TPSA) is 19.4 Å².